The Bertz CT molecular complexity index is 544. The molecular formula is C15H19N3O. The molecule has 2 heterocycles. The number of imidazole rings is 1. The number of H-pyrrole nitrogens is 1. The van der Waals surface area contributed by atoms with Crippen LogP contribution < -0.4 is 10.1 Å². The first-order valence-corrected chi connectivity index (χ1v) is 6.74. The van der Waals surface area contributed by atoms with Gasteiger partial charge in [-0.05, 0) is 37.6 Å². The zero-order valence-electron chi connectivity index (χ0n) is 11.1. The molecule has 19 heavy (non-hydrogen) atoms. The van der Waals surface area contributed by atoms with E-state index in [4.69, 9.17) is 4.74 Å². The Morgan fingerprint density at radius 1 is 1.42 bits per heavy atom. The number of hydrogen-bond acceptors (Lipinski definition) is 3. The van der Waals surface area contributed by atoms with E-state index in [2.05, 4.69) is 21.4 Å². The zero-order valence-corrected chi connectivity index (χ0v) is 11.1. The average molecular weight is 257 g/mol. The smallest absolute Gasteiger partial charge is 0.119 e. The number of methoxy groups -OCH3 is 1. The van der Waals surface area contributed by atoms with Crippen molar-refractivity contribution >= 4 is 0 Å². The summed E-state index contributed by atoms with van der Waals surface area (Å²) in [7, 11) is 1.69. The van der Waals surface area contributed by atoms with Crippen LogP contribution in [0, 0.1) is 5.92 Å². The summed E-state index contributed by atoms with van der Waals surface area (Å²) in [5.41, 5.74) is 2.17. The summed E-state index contributed by atoms with van der Waals surface area (Å²) < 4.78 is 5.25. The molecule has 2 N–H and O–H groups in total. The SMILES string of the molecule is COc1cccc(-c2cnc(CC3CCNC3)[nH]2)c1. The van der Waals surface area contributed by atoms with Gasteiger partial charge in [-0.2, -0.15) is 0 Å². The Morgan fingerprint density at radius 3 is 3.16 bits per heavy atom. The number of hydrogen-bond donors (Lipinski definition) is 2. The van der Waals surface area contributed by atoms with Gasteiger partial charge in [-0.25, -0.2) is 4.98 Å². The van der Waals surface area contributed by atoms with E-state index in [0.29, 0.717) is 5.92 Å². The van der Waals surface area contributed by atoms with Crippen LogP contribution in [-0.2, 0) is 6.42 Å². The van der Waals surface area contributed by atoms with Crippen molar-refractivity contribution in [1.82, 2.24) is 15.3 Å². The molecule has 4 heteroatoms. The van der Waals surface area contributed by atoms with Gasteiger partial charge in [0.25, 0.3) is 0 Å². The van der Waals surface area contributed by atoms with E-state index in [-0.39, 0.29) is 0 Å². The fraction of sp³-hybridized carbons (Fsp3) is 0.400. The molecule has 0 amide bonds. The van der Waals surface area contributed by atoms with E-state index >= 15 is 0 Å². The second-order valence-corrected chi connectivity index (χ2v) is 5.04. The van der Waals surface area contributed by atoms with Gasteiger partial charge >= 0.3 is 0 Å². The van der Waals surface area contributed by atoms with Crippen molar-refractivity contribution in [3.8, 4) is 17.0 Å². The van der Waals surface area contributed by atoms with E-state index in [1.807, 2.05) is 24.4 Å². The van der Waals surface area contributed by atoms with Crippen LogP contribution >= 0.6 is 0 Å². The van der Waals surface area contributed by atoms with Gasteiger partial charge in [0.1, 0.15) is 11.6 Å². The highest BCUT2D eigenvalue weighted by molar-refractivity contribution is 5.60. The maximum absolute atomic E-state index is 5.25. The average Bonchev–Trinajstić information content (AvgIpc) is 3.11. The van der Waals surface area contributed by atoms with Gasteiger partial charge in [-0.3, -0.25) is 0 Å². The third-order valence-electron chi connectivity index (χ3n) is 3.65. The van der Waals surface area contributed by atoms with Crippen molar-refractivity contribution in [1.29, 1.82) is 0 Å². The first-order valence-electron chi connectivity index (χ1n) is 6.74. The molecule has 1 aliphatic heterocycles. The van der Waals surface area contributed by atoms with Crippen molar-refractivity contribution in [2.45, 2.75) is 12.8 Å². The van der Waals surface area contributed by atoms with Gasteiger partial charge in [0.2, 0.25) is 0 Å². The molecule has 100 valence electrons. The molecule has 1 aromatic heterocycles. The van der Waals surface area contributed by atoms with Crippen molar-refractivity contribution in [2.75, 3.05) is 20.2 Å². The minimum atomic E-state index is 0.712. The van der Waals surface area contributed by atoms with E-state index < -0.39 is 0 Å². The van der Waals surface area contributed by atoms with Gasteiger partial charge < -0.3 is 15.0 Å². The van der Waals surface area contributed by atoms with Crippen molar-refractivity contribution < 1.29 is 4.74 Å². The predicted molar refractivity (Wildman–Crippen MR) is 75.3 cm³/mol. The number of rotatable bonds is 4. The van der Waals surface area contributed by atoms with Crippen LogP contribution in [0.2, 0.25) is 0 Å². The summed E-state index contributed by atoms with van der Waals surface area (Å²) in [6.45, 7) is 2.24. The molecule has 1 aliphatic rings. The molecule has 2 aromatic rings. The lowest BCUT2D eigenvalue weighted by Crippen LogP contribution is -2.11. The Balaban J connectivity index is 1.76. The van der Waals surface area contributed by atoms with Crippen molar-refractivity contribution in [2.24, 2.45) is 5.92 Å². The molecule has 1 saturated heterocycles. The first kappa shape index (κ1) is 12.2. The van der Waals surface area contributed by atoms with Gasteiger partial charge in [-0.1, -0.05) is 12.1 Å². The maximum Gasteiger partial charge on any atom is 0.119 e. The van der Waals surface area contributed by atoms with Crippen LogP contribution in [0.15, 0.2) is 30.5 Å². The Morgan fingerprint density at radius 2 is 2.37 bits per heavy atom. The highest BCUT2D eigenvalue weighted by Crippen LogP contribution is 2.23. The molecule has 0 spiro atoms. The largest absolute Gasteiger partial charge is 0.497 e. The van der Waals surface area contributed by atoms with Crippen LogP contribution in [0.4, 0.5) is 0 Å². The molecule has 0 radical (unpaired) electrons. The second-order valence-electron chi connectivity index (χ2n) is 5.04. The Labute approximate surface area is 113 Å². The lowest BCUT2D eigenvalue weighted by Gasteiger charge is -2.05. The van der Waals surface area contributed by atoms with Gasteiger partial charge in [0, 0.05) is 12.0 Å². The topological polar surface area (TPSA) is 49.9 Å². The van der Waals surface area contributed by atoms with Gasteiger partial charge in [-0.15, -0.1) is 0 Å². The van der Waals surface area contributed by atoms with Crippen molar-refractivity contribution in [3.05, 3.63) is 36.3 Å². The summed E-state index contributed by atoms with van der Waals surface area (Å²) in [5.74, 6) is 2.66. The zero-order chi connectivity index (χ0) is 13.1. The quantitative estimate of drug-likeness (QED) is 0.883. The van der Waals surface area contributed by atoms with Crippen LogP contribution in [-0.4, -0.2) is 30.2 Å². The standard InChI is InChI=1S/C15H19N3O/c1-19-13-4-2-3-12(8-13)14-10-17-15(18-14)7-11-5-6-16-9-11/h2-4,8,10-11,16H,5-7,9H2,1H3,(H,17,18). The summed E-state index contributed by atoms with van der Waals surface area (Å²) >= 11 is 0. The van der Waals surface area contributed by atoms with Gasteiger partial charge in [0.05, 0.1) is 19.0 Å². The third kappa shape index (κ3) is 2.79. The highest BCUT2D eigenvalue weighted by Gasteiger charge is 2.16. The van der Waals surface area contributed by atoms with Crippen molar-refractivity contribution in [3.63, 3.8) is 0 Å². The molecule has 1 atom stereocenters. The number of aromatic nitrogens is 2. The molecule has 1 fully saturated rings. The molecule has 1 unspecified atom stereocenters. The number of nitrogens with one attached hydrogen (secondary N) is 2. The molecule has 3 rings (SSSR count). The molecule has 0 bridgehead atoms. The molecule has 1 aromatic carbocycles. The number of ether oxygens (including phenoxy) is 1. The molecule has 0 saturated carbocycles. The normalized spacial score (nSPS) is 18.7. The van der Waals surface area contributed by atoms with Crippen LogP contribution in [0.25, 0.3) is 11.3 Å². The summed E-state index contributed by atoms with van der Waals surface area (Å²) in [6.07, 6.45) is 4.18. The lowest BCUT2D eigenvalue weighted by molar-refractivity contribution is 0.415. The maximum atomic E-state index is 5.25. The third-order valence-corrected chi connectivity index (χ3v) is 3.65. The van der Waals surface area contributed by atoms with E-state index in [1.54, 1.807) is 7.11 Å². The lowest BCUT2D eigenvalue weighted by atomic mass is 10.1. The molecular weight excluding hydrogens is 238 g/mol. The fourth-order valence-corrected chi connectivity index (χ4v) is 2.57. The number of aromatic amines is 1. The Hall–Kier alpha value is -1.81. The minimum absolute atomic E-state index is 0.712. The Kier molecular flexibility index (Phi) is 3.51. The fourth-order valence-electron chi connectivity index (χ4n) is 2.57. The van der Waals surface area contributed by atoms with Crippen LogP contribution in [0.3, 0.4) is 0 Å². The summed E-state index contributed by atoms with van der Waals surface area (Å²) in [5, 5.41) is 3.39. The van der Waals surface area contributed by atoms with Crippen LogP contribution in [0.5, 0.6) is 5.75 Å². The highest BCUT2D eigenvalue weighted by atomic mass is 16.5. The number of nitrogens with zero attached hydrogens (tertiary/aromatic N) is 1. The summed E-state index contributed by atoms with van der Waals surface area (Å²) in [6, 6.07) is 8.03. The minimum Gasteiger partial charge on any atom is -0.497 e. The number of benzene rings is 1. The summed E-state index contributed by atoms with van der Waals surface area (Å²) in [4.78, 5) is 7.90. The monoisotopic (exact) mass is 257 g/mol. The van der Waals surface area contributed by atoms with E-state index in [9.17, 15) is 0 Å². The van der Waals surface area contributed by atoms with E-state index in [0.717, 1.165) is 42.3 Å². The first-order chi connectivity index (χ1) is 9.35. The van der Waals surface area contributed by atoms with E-state index in [1.165, 1.54) is 6.42 Å². The van der Waals surface area contributed by atoms with Gasteiger partial charge in [0.15, 0.2) is 0 Å². The second kappa shape index (κ2) is 5.45. The predicted octanol–water partition coefficient (Wildman–Crippen LogP) is 2.24. The van der Waals surface area contributed by atoms with Crippen LogP contribution in [0.1, 0.15) is 12.2 Å². The molecule has 0 aliphatic carbocycles. The molecule has 4 nitrogen and oxygen atoms in total.